The summed E-state index contributed by atoms with van der Waals surface area (Å²) in [6.45, 7) is 4.47. The van der Waals surface area contributed by atoms with Gasteiger partial charge in [-0.25, -0.2) is 0 Å². The number of thiophene rings is 1. The predicted octanol–water partition coefficient (Wildman–Crippen LogP) is 6.65. The molecule has 3 aromatic rings. The van der Waals surface area contributed by atoms with Gasteiger partial charge in [-0.1, -0.05) is 30.3 Å². The molecule has 2 heterocycles. The Morgan fingerprint density at radius 1 is 0.864 bits per heavy atom. The van der Waals surface area contributed by atoms with Crippen LogP contribution in [0.5, 0.6) is 0 Å². The molecule has 1 aliphatic heterocycles. The molecule has 0 spiro atoms. The number of hydrogen-bond acceptors (Lipinski definition) is 2. The van der Waals surface area contributed by atoms with E-state index in [2.05, 4.69) is 62.0 Å². The van der Waals surface area contributed by atoms with Crippen LogP contribution in [0.2, 0.25) is 0 Å². The van der Waals surface area contributed by atoms with Crippen molar-refractivity contribution in [2.75, 3.05) is 0 Å². The van der Waals surface area contributed by atoms with Gasteiger partial charge in [0, 0.05) is 32.0 Å². The summed E-state index contributed by atoms with van der Waals surface area (Å²) in [6, 6.07) is 11.9. The van der Waals surface area contributed by atoms with E-state index < -0.39 is 0 Å². The number of aryl methyl sites for hydroxylation is 1. The van der Waals surface area contributed by atoms with E-state index in [0.29, 0.717) is 11.2 Å². The molecule has 106 valence electrons. The molecule has 2 unspecified atom stereocenters. The van der Waals surface area contributed by atoms with Gasteiger partial charge in [-0.3, -0.25) is 0 Å². The fourth-order valence-corrected chi connectivity index (χ4v) is 6.93. The van der Waals surface area contributed by atoms with Crippen LogP contribution in [0.1, 0.15) is 34.1 Å². The van der Waals surface area contributed by atoms with Gasteiger partial charge in [-0.2, -0.15) is 0 Å². The summed E-state index contributed by atoms with van der Waals surface area (Å²) in [5, 5.41) is 3.69. The maximum atomic E-state index is 2.47. The van der Waals surface area contributed by atoms with Crippen LogP contribution in [0.3, 0.4) is 0 Å². The molecule has 2 aliphatic carbocycles. The van der Waals surface area contributed by atoms with Crippen molar-refractivity contribution in [2.24, 2.45) is 0 Å². The van der Waals surface area contributed by atoms with E-state index in [9.17, 15) is 0 Å². The summed E-state index contributed by atoms with van der Waals surface area (Å²) < 4.78 is 0. The molecule has 6 rings (SSSR count). The summed E-state index contributed by atoms with van der Waals surface area (Å²) in [6.07, 6.45) is 2.47. The third-order valence-corrected chi connectivity index (χ3v) is 7.73. The number of thioether (sulfide) groups is 1. The van der Waals surface area contributed by atoms with Crippen molar-refractivity contribution in [1.82, 2.24) is 0 Å². The molecule has 0 fully saturated rings. The largest absolute Gasteiger partial charge is 0.140 e. The Hall–Kier alpha value is -1.51. The summed E-state index contributed by atoms with van der Waals surface area (Å²) in [7, 11) is 0. The first kappa shape index (κ1) is 12.0. The lowest BCUT2D eigenvalue weighted by Gasteiger charge is -2.10. The second-order valence-electron chi connectivity index (χ2n) is 6.60. The average molecular weight is 318 g/mol. The summed E-state index contributed by atoms with van der Waals surface area (Å²) in [4.78, 5) is 4.37. The Labute approximate surface area is 137 Å². The minimum Gasteiger partial charge on any atom is -0.140 e. The van der Waals surface area contributed by atoms with Gasteiger partial charge in [0.1, 0.15) is 0 Å². The Bertz CT molecular complexity index is 1010. The first-order chi connectivity index (χ1) is 10.7. The monoisotopic (exact) mass is 318 g/mol. The van der Waals surface area contributed by atoms with Crippen LogP contribution in [-0.2, 0) is 0 Å². The Balaban J connectivity index is 1.77. The van der Waals surface area contributed by atoms with E-state index in [-0.39, 0.29) is 0 Å². The van der Waals surface area contributed by atoms with Gasteiger partial charge in [-0.15, -0.1) is 23.1 Å². The maximum absolute atomic E-state index is 2.47. The SMILES string of the molecule is CC1=CC2c3ccc4c5c(ccc(c35)C2S1)-c1cc(C)sc1-4. The van der Waals surface area contributed by atoms with Gasteiger partial charge in [-0.05, 0) is 52.3 Å². The van der Waals surface area contributed by atoms with Crippen molar-refractivity contribution < 1.29 is 0 Å². The van der Waals surface area contributed by atoms with E-state index in [1.807, 2.05) is 11.3 Å². The van der Waals surface area contributed by atoms with Gasteiger partial charge >= 0.3 is 0 Å². The van der Waals surface area contributed by atoms with Crippen LogP contribution in [0, 0.1) is 6.92 Å². The molecule has 2 atom stereocenters. The highest BCUT2D eigenvalue weighted by Crippen LogP contribution is 2.62. The third kappa shape index (κ3) is 1.21. The van der Waals surface area contributed by atoms with Crippen LogP contribution in [-0.4, -0.2) is 0 Å². The molecule has 0 radical (unpaired) electrons. The maximum Gasteiger partial charge on any atom is 0.0451 e. The van der Waals surface area contributed by atoms with Crippen molar-refractivity contribution in [3.63, 3.8) is 0 Å². The fourth-order valence-electron chi connectivity index (χ4n) is 4.56. The topological polar surface area (TPSA) is 0 Å². The number of allylic oxidation sites excluding steroid dienone is 2. The molecule has 0 saturated carbocycles. The lowest BCUT2D eigenvalue weighted by atomic mass is 9.97. The van der Waals surface area contributed by atoms with Crippen molar-refractivity contribution in [3.8, 4) is 21.6 Å². The molecular weight excluding hydrogens is 304 g/mol. The van der Waals surface area contributed by atoms with Gasteiger partial charge < -0.3 is 0 Å². The fraction of sp³-hybridized carbons (Fsp3) is 0.200. The van der Waals surface area contributed by atoms with Crippen LogP contribution in [0.25, 0.3) is 32.3 Å². The average Bonchev–Trinajstić information content (AvgIpc) is 3.19. The quantitative estimate of drug-likeness (QED) is 0.350. The summed E-state index contributed by atoms with van der Waals surface area (Å²) >= 11 is 3.99. The highest BCUT2D eigenvalue weighted by molar-refractivity contribution is 8.03. The molecule has 1 aromatic heterocycles. The van der Waals surface area contributed by atoms with E-state index in [1.165, 1.54) is 36.7 Å². The van der Waals surface area contributed by atoms with Crippen LogP contribution in [0.15, 0.2) is 41.3 Å². The highest BCUT2D eigenvalue weighted by Gasteiger charge is 2.39. The van der Waals surface area contributed by atoms with Gasteiger partial charge in [0.25, 0.3) is 0 Å². The molecule has 0 bridgehead atoms. The molecule has 0 N–H and O–H groups in total. The number of hydrogen-bond donors (Lipinski definition) is 0. The van der Waals surface area contributed by atoms with Crippen molar-refractivity contribution in [3.05, 3.63) is 57.3 Å². The summed E-state index contributed by atoms with van der Waals surface area (Å²) in [5.74, 6) is 0.588. The second kappa shape index (κ2) is 3.69. The molecular formula is C20H14S2. The molecule has 22 heavy (non-hydrogen) atoms. The lowest BCUT2D eigenvalue weighted by Crippen LogP contribution is -1.92. The zero-order valence-electron chi connectivity index (χ0n) is 12.4. The third-order valence-electron chi connectivity index (χ3n) is 5.33. The Morgan fingerprint density at radius 2 is 1.68 bits per heavy atom. The lowest BCUT2D eigenvalue weighted by molar-refractivity contribution is 0.876. The van der Waals surface area contributed by atoms with E-state index in [1.54, 1.807) is 16.5 Å². The zero-order chi connectivity index (χ0) is 14.6. The van der Waals surface area contributed by atoms with E-state index >= 15 is 0 Å². The summed E-state index contributed by atoms with van der Waals surface area (Å²) in [5.41, 5.74) is 7.50. The Kier molecular flexibility index (Phi) is 2.01. The van der Waals surface area contributed by atoms with Crippen molar-refractivity contribution in [1.29, 1.82) is 0 Å². The number of fused-ring (bicyclic) bond motifs is 6. The molecule has 2 heteroatoms. The molecule has 0 amide bonds. The highest BCUT2D eigenvalue weighted by atomic mass is 32.2. The minimum absolute atomic E-state index is 0.588. The first-order valence-corrected chi connectivity index (χ1v) is 9.48. The van der Waals surface area contributed by atoms with E-state index in [4.69, 9.17) is 0 Å². The van der Waals surface area contributed by atoms with Gasteiger partial charge in [0.15, 0.2) is 0 Å². The Morgan fingerprint density at radius 3 is 2.59 bits per heavy atom. The standard InChI is InChI=1S/C20H14S2/c1-9-7-15-11-3-6-14-18-12(16-8-10(2)22-20(14)16)4-5-13(17(11)18)19(15)21-9/h3-8,15,19H,1-2H3. The normalized spacial score (nSPS) is 23.1. The van der Waals surface area contributed by atoms with Gasteiger partial charge in [0.2, 0.25) is 0 Å². The zero-order valence-corrected chi connectivity index (χ0v) is 14.1. The second-order valence-corrected chi connectivity index (χ2v) is 9.24. The minimum atomic E-state index is 0.588. The van der Waals surface area contributed by atoms with E-state index in [0.717, 1.165) is 0 Å². The van der Waals surface area contributed by atoms with Gasteiger partial charge in [0.05, 0.1) is 0 Å². The molecule has 2 aromatic carbocycles. The molecule has 0 nitrogen and oxygen atoms in total. The van der Waals surface area contributed by atoms with Crippen LogP contribution >= 0.6 is 23.1 Å². The van der Waals surface area contributed by atoms with Crippen molar-refractivity contribution in [2.45, 2.75) is 25.0 Å². The van der Waals surface area contributed by atoms with Crippen LogP contribution < -0.4 is 0 Å². The first-order valence-electron chi connectivity index (χ1n) is 7.78. The smallest absolute Gasteiger partial charge is 0.0451 e. The van der Waals surface area contributed by atoms with Crippen molar-refractivity contribution >= 4 is 33.9 Å². The molecule has 0 saturated heterocycles. The van der Waals surface area contributed by atoms with Crippen LogP contribution in [0.4, 0.5) is 0 Å². The number of rotatable bonds is 0. The number of benzene rings is 2. The predicted molar refractivity (Wildman–Crippen MR) is 97.8 cm³/mol. The molecule has 3 aliphatic rings.